The summed E-state index contributed by atoms with van der Waals surface area (Å²) in [6, 6.07) is -0.132. The molecule has 0 aromatic rings. The normalized spacial score (nSPS) is 18.6. The molecule has 2 unspecified atom stereocenters. The number of carbonyl (C=O) groups is 5. The van der Waals surface area contributed by atoms with Crippen molar-refractivity contribution in [3.8, 4) is 0 Å². The van der Waals surface area contributed by atoms with Crippen molar-refractivity contribution in [2.24, 2.45) is 10.8 Å². The van der Waals surface area contributed by atoms with Crippen LogP contribution in [0.15, 0.2) is 12.2 Å². The van der Waals surface area contributed by atoms with Gasteiger partial charge in [-0.1, -0.05) is 46.6 Å². The van der Waals surface area contributed by atoms with Gasteiger partial charge >= 0.3 is 30.3 Å². The highest BCUT2D eigenvalue weighted by atomic mass is 16.6. The van der Waals surface area contributed by atoms with E-state index in [0.717, 1.165) is 38.5 Å². The van der Waals surface area contributed by atoms with Gasteiger partial charge in [-0.25, -0.2) is 24.0 Å². The Balaban J connectivity index is 2.16. The SMILES string of the molecule is C=C(C)C(=O)OCCNC(=O)OCCCCCCCOC(=O)NCC1(C)CC(NC(=O)OCCOC(=O)NC)CC(C)(C)C1. The van der Waals surface area contributed by atoms with Crippen LogP contribution in [0.1, 0.15) is 79.1 Å². The Hall–Kier alpha value is -3.71. The summed E-state index contributed by atoms with van der Waals surface area (Å²) in [6.45, 7) is 12.5. The molecule has 0 bridgehead atoms. The molecule has 14 heteroatoms. The first kappa shape index (κ1) is 38.3. The van der Waals surface area contributed by atoms with Crippen LogP contribution in [0.3, 0.4) is 0 Å². The van der Waals surface area contributed by atoms with Crippen LogP contribution in [0, 0.1) is 10.8 Å². The molecule has 1 fully saturated rings. The van der Waals surface area contributed by atoms with Gasteiger partial charge in [0.05, 0.1) is 19.8 Å². The molecule has 0 aliphatic heterocycles. The molecule has 252 valence electrons. The summed E-state index contributed by atoms with van der Waals surface area (Å²) in [5, 5.41) is 10.6. The quantitative estimate of drug-likeness (QED) is 0.0745. The van der Waals surface area contributed by atoms with Crippen LogP contribution in [-0.2, 0) is 28.5 Å². The topological polar surface area (TPSA) is 180 Å². The van der Waals surface area contributed by atoms with Gasteiger partial charge in [0.1, 0.15) is 19.8 Å². The Bertz CT molecular complexity index is 958. The van der Waals surface area contributed by atoms with E-state index in [0.29, 0.717) is 31.6 Å². The minimum Gasteiger partial charge on any atom is -0.460 e. The maximum Gasteiger partial charge on any atom is 0.407 e. The van der Waals surface area contributed by atoms with Gasteiger partial charge < -0.3 is 45.0 Å². The summed E-state index contributed by atoms with van der Waals surface area (Å²) in [5.41, 5.74) is -0.0149. The molecule has 1 saturated carbocycles. The molecule has 44 heavy (non-hydrogen) atoms. The first-order valence-corrected chi connectivity index (χ1v) is 15.2. The van der Waals surface area contributed by atoms with Crippen molar-refractivity contribution in [2.45, 2.75) is 85.1 Å². The molecule has 1 aliphatic carbocycles. The van der Waals surface area contributed by atoms with Gasteiger partial charge in [0.2, 0.25) is 0 Å². The van der Waals surface area contributed by atoms with E-state index in [1.807, 2.05) is 0 Å². The molecule has 0 spiro atoms. The fourth-order valence-corrected chi connectivity index (χ4v) is 5.29. The second-order valence-electron chi connectivity index (χ2n) is 12.2. The van der Waals surface area contributed by atoms with E-state index in [1.54, 1.807) is 6.92 Å². The summed E-state index contributed by atoms with van der Waals surface area (Å²) in [4.78, 5) is 58.5. The zero-order valence-electron chi connectivity index (χ0n) is 27.0. The summed E-state index contributed by atoms with van der Waals surface area (Å²) >= 11 is 0. The number of rotatable bonds is 18. The molecule has 4 amide bonds. The van der Waals surface area contributed by atoms with Crippen molar-refractivity contribution in [2.75, 3.05) is 53.2 Å². The summed E-state index contributed by atoms with van der Waals surface area (Å²) in [5.74, 6) is -0.501. The van der Waals surface area contributed by atoms with Crippen LogP contribution in [-0.4, -0.2) is 89.6 Å². The van der Waals surface area contributed by atoms with Crippen molar-refractivity contribution in [3.05, 3.63) is 12.2 Å². The molecular weight excluding hydrogens is 576 g/mol. The number of esters is 1. The van der Waals surface area contributed by atoms with Crippen LogP contribution in [0.5, 0.6) is 0 Å². The Kier molecular flexibility index (Phi) is 17.7. The molecule has 0 heterocycles. The molecule has 0 aromatic carbocycles. The molecule has 2 atom stereocenters. The van der Waals surface area contributed by atoms with Crippen LogP contribution in [0.4, 0.5) is 19.2 Å². The number of amides is 4. The third kappa shape index (κ3) is 18.1. The second-order valence-corrected chi connectivity index (χ2v) is 12.2. The van der Waals surface area contributed by atoms with Gasteiger partial charge in [0.15, 0.2) is 0 Å². The fraction of sp³-hybridized carbons (Fsp3) is 0.767. The van der Waals surface area contributed by atoms with Crippen LogP contribution < -0.4 is 21.3 Å². The first-order valence-electron chi connectivity index (χ1n) is 15.2. The van der Waals surface area contributed by atoms with Gasteiger partial charge in [-0.15, -0.1) is 0 Å². The fourth-order valence-electron chi connectivity index (χ4n) is 5.29. The Morgan fingerprint density at radius 3 is 1.84 bits per heavy atom. The van der Waals surface area contributed by atoms with E-state index in [4.69, 9.17) is 23.7 Å². The van der Waals surface area contributed by atoms with Gasteiger partial charge in [-0.3, -0.25) is 0 Å². The predicted octanol–water partition coefficient (Wildman–Crippen LogP) is 4.18. The van der Waals surface area contributed by atoms with Gasteiger partial charge in [-0.05, 0) is 49.9 Å². The second kappa shape index (κ2) is 20.3. The average Bonchev–Trinajstić information content (AvgIpc) is 2.94. The number of nitrogens with one attached hydrogen (secondary N) is 4. The predicted molar refractivity (Wildman–Crippen MR) is 162 cm³/mol. The van der Waals surface area contributed by atoms with Crippen molar-refractivity contribution in [1.82, 2.24) is 21.3 Å². The van der Waals surface area contributed by atoms with E-state index in [-0.39, 0.29) is 49.8 Å². The lowest BCUT2D eigenvalue weighted by atomic mass is 9.62. The van der Waals surface area contributed by atoms with E-state index in [2.05, 4.69) is 48.6 Å². The standard InChI is InChI=1S/C30H52N4O10/c1-22(2)24(35)40-15-12-32-26(37)41-13-10-8-7-9-11-14-42-27(38)33-21-30(5)19-23(18-29(3,4)20-30)34-28(39)44-17-16-43-25(36)31-6/h23H,1,7-21H2,2-6H3,(H,31,36)(H,32,37)(H,33,38)(H,34,39). The highest BCUT2D eigenvalue weighted by molar-refractivity contribution is 5.86. The third-order valence-corrected chi connectivity index (χ3v) is 6.89. The molecule has 0 radical (unpaired) electrons. The average molecular weight is 629 g/mol. The molecule has 4 N–H and O–H groups in total. The monoisotopic (exact) mass is 628 g/mol. The lowest BCUT2D eigenvalue weighted by molar-refractivity contribution is -0.138. The number of carbonyl (C=O) groups excluding carboxylic acids is 5. The maximum atomic E-state index is 12.3. The number of hydrogen-bond acceptors (Lipinski definition) is 10. The minimum atomic E-state index is -0.592. The van der Waals surface area contributed by atoms with Gasteiger partial charge in [0.25, 0.3) is 0 Å². The Labute approximate surface area is 260 Å². The maximum absolute atomic E-state index is 12.3. The van der Waals surface area contributed by atoms with Crippen molar-refractivity contribution in [3.63, 3.8) is 0 Å². The van der Waals surface area contributed by atoms with Crippen LogP contribution >= 0.6 is 0 Å². The molecule has 0 saturated heterocycles. The zero-order valence-corrected chi connectivity index (χ0v) is 27.0. The van der Waals surface area contributed by atoms with E-state index in [9.17, 15) is 24.0 Å². The van der Waals surface area contributed by atoms with Crippen LogP contribution in [0.25, 0.3) is 0 Å². The first-order chi connectivity index (χ1) is 20.7. The summed E-state index contributed by atoms with van der Waals surface area (Å²) < 4.78 is 25.2. The Morgan fingerprint density at radius 2 is 1.25 bits per heavy atom. The summed E-state index contributed by atoms with van der Waals surface area (Å²) in [6.07, 6.45) is 4.21. The van der Waals surface area contributed by atoms with Gasteiger partial charge in [-0.2, -0.15) is 0 Å². The smallest absolute Gasteiger partial charge is 0.407 e. The van der Waals surface area contributed by atoms with Crippen molar-refractivity contribution >= 4 is 30.3 Å². The van der Waals surface area contributed by atoms with E-state index >= 15 is 0 Å². The number of unbranched alkanes of at least 4 members (excludes halogenated alkanes) is 4. The van der Waals surface area contributed by atoms with E-state index < -0.39 is 30.3 Å². The molecule has 14 nitrogen and oxygen atoms in total. The summed E-state index contributed by atoms with van der Waals surface area (Å²) in [7, 11) is 1.44. The largest absolute Gasteiger partial charge is 0.460 e. The lowest BCUT2D eigenvalue weighted by Gasteiger charge is -2.46. The molecular formula is C30H52N4O10. The number of hydrogen-bond donors (Lipinski definition) is 4. The lowest BCUT2D eigenvalue weighted by Crippen LogP contribution is -2.50. The number of alkyl carbamates (subject to hydrolysis) is 4. The van der Waals surface area contributed by atoms with Crippen LogP contribution in [0.2, 0.25) is 0 Å². The zero-order chi connectivity index (χ0) is 33.0. The Morgan fingerprint density at radius 1 is 0.705 bits per heavy atom. The molecule has 0 aromatic heterocycles. The molecule has 1 rings (SSSR count). The minimum absolute atomic E-state index is 0.0395. The van der Waals surface area contributed by atoms with Gasteiger partial charge in [0, 0.05) is 25.2 Å². The van der Waals surface area contributed by atoms with E-state index in [1.165, 1.54) is 7.05 Å². The highest BCUT2D eigenvalue weighted by Gasteiger charge is 2.42. The third-order valence-electron chi connectivity index (χ3n) is 6.89. The van der Waals surface area contributed by atoms with Crippen molar-refractivity contribution in [1.29, 1.82) is 0 Å². The number of ether oxygens (including phenoxy) is 5. The van der Waals surface area contributed by atoms with Crippen molar-refractivity contribution < 1.29 is 47.7 Å². The highest BCUT2D eigenvalue weighted by Crippen LogP contribution is 2.45. The molecule has 1 aliphatic rings.